The Morgan fingerprint density at radius 1 is 1.14 bits per heavy atom. The van der Waals surface area contributed by atoms with E-state index in [-0.39, 0.29) is 5.41 Å². The largest absolute Gasteiger partial charge is 0.439 e. The van der Waals surface area contributed by atoms with Crippen molar-refractivity contribution in [1.82, 2.24) is 9.97 Å². The number of hydrogen-bond acceptors (Lipinski definition) is 3. The summed E-state index contributed by atoms with van der Waals surface area (Å²) in [7, 11) is 0. The minimum Gasteiger partial charge on any atom is -0.439 e. The zero-order chi connectivity index (χ0) is 15.0. The second-order valence-electron chi connectivity index (χ2n) is 6.51. The number of rotatable bonds is 3. The zero-order valence-corrected chi connectivity index (χ0v) is 14.1. The second kappa shape index (κ2) is 5.41. The molecule has 0 radical (unpaired) electrons. The molecule has 1 saturated carbocycles. The Morgan fingerprint density at radius 3 is 2.52 bits per heavy atom. The molecule has 0 bridgehead atoms. The molecule has 21 heavy (non-hydrogen) atoms. The van der Waals surface area contributed by atoms with Crippen LogP contribution in [0, 0.1) is 0 Å². The van der Waals surface area contributed by atoms with E-state index in [0.717, 1.165) is 16.2 Å². The lowest BCUT2D eigenvalue weighted by Crippen LogP contribution is -2.12. The number of benzene rings is 1. The van der Waals surface area contributed by atoms with E-state index in [1.807, 2.05) is 24.3 Å². The molecule has 0 atom stereocenters. The molecular formula is C17H19BrN2O. The van der Waals surface area contributed by atoms with E-state index >= 15 is 0 Å². The van der Waals surface area contributed by atoms with Crippen molar-refractivity contribution < 1.29 is 4.74 Å². The molecule has 1 fully saturated rings. The van der Waals surface area contributed by atoms with Gasteiger partial charge in [-0.25, -0.2) is 4.98 Å². The van der Waals surface area contributed by atoms with Crippen LogP contribution in [-0.4, -0.2) is 9.97 Å². The molecular weight excluding hydrogens is 328 g/mol. The quantitative estimate of drug-likeness (QED) is 0.715. The summed E-state index contributed by atoms with van der Waals surface area (Å²) in [4.78, 5) is 8.98. The van der Waals surface area contributed by atoms with Gasteiger partial charge in [0.25, 0.3) is 0 Å². The molecule has 0 saturated heterocycles. The van der Waals surface area contributed by atoms with Gasteiger partial charge in [0.2, 0.25) is 5.88 Å². The Kier molecular flexibility index (Phi) is 3.74. The summed E-state index contributed by atoms with van der Waals surface area (Å²) < 4.78 is 6.83. The molecule has 2 aromatic rings. The van der Waals surface area contributed by atoms with Gasteiger partial charge >= 0.3 is 0 Å². The van der Waals surface area contributed by atoms with Gasteiger partial charge in [-0.15, -0.1) is 0 Å². The average Bonchev–Trinajstić information content (AvgIpc) is 3.21. The number of halogens is 1. The molecule has 0 spiro atoms. The van der Waals surface area contributed by atoms with Crippen molar-refractivity contribution in [3.8, 4) is 11.6 Å². The van der Waals surface area contributed by atoms with Gasteiger partial charge in [0.05, 0.1) is 0 Å². The molecule has 1 aliphatic rings. The fourth-order valence-corrected chi connectivity index (χ4v) is 2.66. The van der Waals surface area contributed by atoms with Crippen molar-refractivity contribution in [3.05, 3.63) is 46.3 Å². The van der Waals surface area contributed by atoms with E-state index in [9.17, 15) is 0 Å². The Hall–Kier alpha value is -1.42. The highest BCUT2D eigenvalue weighted by Gasteiger charge is 2.27. The third-order valence-electron chi connectivity index (χ3n) is 3.54. The average molecular weight is 347 g/mol. The van der Waals surface area contributed by atoms with E-state index in [2.05, 4.69) is 52.7 Å². The number of para-hydroxylation sites is 1. The normalized spacial score (nSPS) is 15.0. The maximum absolute atomic E-state index is 6.05. The van der Waals surface area contributed by atoms with Gasteiger partial charge in [0, 0.05) is 17.5 Å². The zero-order valence-electron chi connectivity index (χ0n) is 12.6. The standard InChI is InChI=1S/C17H19BrN2O/c1-17(2,3)12-6-4-5-7-13(12)21-15-10-14(18)19-16(20-15)11-8-9-11/h4-7,10-11H,8-9H2,1-3H3. The highest BCUT2D eigenvalue weighted by molar-refractivity contribution is 9.10. The van der Waals surface area contributed by atoms with Gasteiger partial charge in [0.15, 0.2) is 0 Å². The van der Waals surface area contributed by atoms with Gasteiger partial charge in [-0.3, -0.25) is 0 Å². The van der Waals surface area contributed by atoms with Crippen molar-refractivity contribution in [2.45, 2.75) is 44.9 Å². The van der Waals surface area contributed by atoms with Crippen LogP contribution in [0.25, 0.3) is 0 Å². The lowest BCUT2D eigenvalue weighted by molar-refractivity contribution is 0.436. The van der Waals surface area contributed by atoms with E-state index < -0.39 is 0 Å². The molecule has 1 heterocycles. The third-order valence-corrected chi connectivity index (χ3v) is 3.95. The number of nitrogens with zero attached hydrogens (tertiary/aromatic N) is 2. The summed E-state index contributed by atoms with van der Waals surface area (Å²) >= 11 is 3.45. The molecule has 1 aromatic carbocycles. The molecule has 1 aliphatic carbocycles. The number of hydrogen-bond donors (Lipinski definition) is 0. The van der Waals surface area contributed by atoms with E-state index in [1.165, 1.54) is 18.4 Å². The van der Waals surface area contributed by atoms with Gasteiger partial charge in [0.1, 0.15) is 16.2 Å². The van der Waals surface area contributed by atoms with Crippen LogP contribution in [0.1, 0.15) is 50.9 Å². The maximum atomic E-state index is 6.05. The molecule has 4 heteroatoms. The molecule has 3 nitrogen and oxygen atoms in total. The van der Waals surface area contributed by atoms with Crippen molar-refractivity contribution >= 4 is 15.9 Å². The minimum atomic E-state index is 0.0280. The summed E-state index contributed by atoms with van der Waals surface area (Å²) in [6, 6.07) is 9.95. The second-order valence-corrected chi connectivity index (χ2v) is 7.32. The Bertz CT molecular complexity index is 660. The summed E-state index contributed by atoms with van der Waals surface area (Å²) in [5.41, 5.74) is 1.20. The first kappa shape index (κ1) is 14.5. The van der Waals surface area contributed by atoms with Crippen LogP contribution < -0.4 is 4.74 Å². The topological polar surface area (TPSA) is 35.0 Å². The Balaban J connectivity index is 1.94. The fraction of sp³-hybridized carbons (Fsp3) is 0.412. The Morgan fingerprint density at radius 2 is 1.86 bits per heavy atom. The van der Waals surface area contributed by atoms with Gasteiger partial charge in [-0.2, -0.15) is 4.98 Å². The van der Waals surface area contributed by atoms with Crippen molar-refractivity contribution in [3.63, 3.8) is 0 Å². The third kappa shape index (κ3) is 3.43. The summed E-state index contributed by atoms with van der Waals surface area (Å²) in [6.45, 7) is 6.54. The van der Waals surface area contributed by atoms with Crippen LogP contribution in [0.4, 0.5) is 0 Å². The SMILES string of the molecule is CC(C)(C)c1ccccc1Oc1cc(Br)nc(C2CC2)n1. The van der Waals surface area contributed by atoms with Gasteiger partial charge in [-0.05, 0) is 40.3 Å². The first-order chi connectivity index (χ1) is 9.93. The van der Waals surface area contributed by atoms with Crippen LogP contribution in [0.2, 0.25) is 0 Å². The molecule has 110 valence electrons. The van der Waals surface area contributed by atoms with Crippen LogP contribution in [0.3, 0.4) is 0 Å². The monoisotopic (exact) mass is 346 g/mol. The molecule has 3 rings (SSSR count). The fourth-order valence-electron chi connectivity index (χ4n) is 2.28. The summed E-state index contributed by atoms with van der Waals surface area (Å²) in [5.74, 6) is 2.85. The highest BCUT2D eigenvalue weighted by atomic mass is 79.9. The van der Waals surface area contributed by atoms with Crippen LogP contribution in [-0.2, 0) is 5.41 Å². The lowest BCUT2D eigenvalue weighted by Gasteiger charge is -2.22. The van der Waals surface area contributed by atoms with E-state index in [4.69, 9.17) is 4.74 Å². The van der Waals surface area contributed by atoms with E-state index in [1.54, 1.807) is 0 Å². The van der Waals surface area contributed by atoms with Crippen molar-refractivity contribution in [2.75, 3.05) is 0 Å². The Labute approximate surface area is 133 Å². The molecule has 0 unspecified atom stereocenters. The highest BCUT2D eigenvalue weighted by Crippen LogP contribution is 2.40. The van der Waals surface area contributed by atoms with Crippen molar-refractivity contribution in [1.29, 1.82) is 0 Å². The first-order valence-electron chi connectivity index (χ1n) is 7.25. The lowest BCUT2D eigenvalue weighted by atomic mass is 9.86. The maximum Gasteiger partial charge on any atom is 0.223 e. The van der Waals surface area contributed by atoms with Crippen LogP contribution >= 0.6 is 15.9 Å². The molecule has 0 amide bonds. The predicted octanol–water partition coefficient (Wildman–Crippen LogP) is 5.21. The number of aromatic nitrogens is 2. The van der Waals surface area contributed by atoms with Gasteiger partial charge < -0.3 is 4.74 Å². The number of ether oxygens (including phenoxy) is 1. The van der Waals surface area contributed by atoms with E-state index in [0.29, 0.717) is 11.8 Å². The van der Waals surface area contributed by atoms with Crippen molar-refractivity contribution in [2.24, 2.45) is 0 Å². The first-order valence-corrected chi connectivity index (χ1v) is 8.04. The van der Waals surface area contributed by atoms with Gasteiger partial charge in [-0.1, -0.05) is 39.0 Å². The summed E-state index contributed by atoms with van der Waals surface area (Å²) in [5, 5.41) is 0. The smallest absolute Gasteiger partial charge is 0.223 e. The molecule has 1 aromatic heterocycles. The minimum absolute atomic E-state index is 0.0280. The van der Waals surface area contributed by atoms with Crippen LogP contribution in [0.5, 0.6) is 11.6 Å². The molecule has 0 aliphatic heterocycles. The predicted molar refractivity (Wildman–Crippen MR) is 86.9 cm³/mol. The molecule has 0 N–H and O–H groups in total. The summed E-state index contributed by atoms with van der Waals surface area (Å²) in [6.07, 6.45) is 2.35. The van der Waals surface area contributed by atoms with Crippen LogP contribution in [0.15, 0.2) is 34.9 Å².